The van der Waals surface area contributed by atoms with Crippen LogP contribution in [0.1, 0.15) is 6.42 Å². The largest absolute Gasteiger partial charge is 0.324 e. The molecule has 2 aromatic rings. The van der Waals surface area contributed by atoms with Crippen molar-refractivity contribution in [3.05, 3.63) is 41.8 Å². The molecule has 110 valence electrons. The Hall–Kier alpha value is -2.04. The minimum atomic E-state index is -3.92. The molecule has 0 bridgehead atoms. The molecular formula is C13H13ClN4O2S. The maximum absolute atomic E-state index is 12.7. The van der Waals surface area contributed by atoms with E-state index in [-0.39, 0.29) is 23.1 Å². The first-order chi connectivity index (χ1) is 9.98. The summed E-state index contributed by atoms with van der Waals surface area (Å²) in [5.74, 6) is 0. The van der Waals surface area contributed by atoms with E-state index in [0.717, 1.165) is 4.31 Å². The number of aryl methyl sites for hydroxylation is 1. The fourth-order valence-electron chi connectivity index (χ4n) is 1.81. The van der Waals surface area contributed by atoms with Gasteiger partial charge in [0.2, 0.25) is 5.03 Å². The molecule has 0 aliphatic heterocycles. The van der Waals surface area contributed by atoms with Crippen LogP contribution in [0.5, 0.6) is 0 Å². The van der Waals surface area contributed by atoms with Gasteiger partial charge >= 0.3 is 0 Å². The van der Waals surface area contributed by atoms with Gasteiger partial charge < -0.3 is 4.57 Å². The Kier molecular flexibility index (Phi) is 4.50. The van der Waals surface area contributed by atoms with E-state index in [4.69, 9.17) is 16.9 Å². The lowest BCUT2D eigenvalue weighted by atomic mass is 10.3. The fourth-order valence-corrected chi connectivity index (χ4v) is 3.67. The van der Waals surface area contributed by atoms with Gasteiger partial charge in [0.05, 0.1) is 24.5 Å². The van der Waals surface area contributed by atoms with Gasteiger partial charge in [0.15, 0.2) is 0 Å². The maximum atomic E-state index is 12.7. The molecule has 0 aliphatic rings. The van der Waals surface area contributed by atoms with E-state index in [2.05, 4.69) is 4.98 Å². The monoisotopic (exact) mass is 324 g/mol. The summed E-state index contributed by atoms with van der Waals surface area (Å²) in [4.78, 5) is 3.86. The first-order valence-electron chi connectivity index (χ1n) is 6.10. The van der Waals surface area contributed by atoms with Crippen molar-refractivity contribution in [2.45, 2.75) is 11.4 Å². The van der Waals surface area contributed by atoms with Crippen LogP contribution in [-0.4, -0.2) is 24.5 Å². The number of halogens is 1. The van der Waals surface area contributed by atoms with Crippen molar-refractivity contribution in [1.82, 2.24) is 9.55 Å². The Morgan fingerprint density at radius 1 is 1.38 bits per heavy atom. The van der Waals surface area contributed by atoms with Gasteiger partial charge in [0.1, 0.15) is 5.15 Å². The maximum Gasteiger partial charge on any atom is 0.285 e. The molecule has 1 aromatic heterocycles. The van der Waals surface area contributed by atoms with Gasteiger partial charge in [-0.15, -0.1) is 0 Å². The molecule has 0 saturated heterocycles. The summed E-state index contributed by atoms with van der Waals surface area (Å²) in [5.41, 5.74) is 0.467. The molecule has 0 amide bonds. The second-order valence-electron chi connectivity index (χ2n) is 4.27. The standard InChI is InChI=1S/C13H13ClN4O2S/c1-17-10-16-13(12(17)14)21(19,20)18(9-5-8-15)11-6-3-2-4-7-11/h2-4,6-7,10H,5,9H2,1H3. The Bertz CT molecular complexity index is 765. The number of imidazole rings is 1. The number of anilines is 1. The number of para-hydroxylation sites is 1. The van der Waals surface area contributed by atoms with Crippen LogP contribution in [-0.2, 0) is 17.1 Å². The molecule has 8 heteroatoms. The van der Waals surface area contributed by atoms with E-state index in [1.807, 2.05) is 6.07 Å². The Morgan fingerprint density at radius 3 is 2.57 bits per heavy atom. The van der Waals surface area contributed by atoms with Crippen molar-refractivity contribution in [3.8, 4) is 6.07 Å². The third kappa shape index (κ3) is 3.01. The zero-order valence-electron chi connectivity index (χ0n) is 11.3. The smallest absolute Gasteiger partial charge is 0.285 e. The summed E-state index contributed by atoms with van der Waals surface area (Å²) in [6.45, 7) is 0.0375. The second-order valence-corrected chi connectivity index (χ2v) is 6.41. The molecule has 0 saturated carbocycles. The predicted molar refractivity (Wildman–Crippen MR) is 79.4 cm³/mol. The fraction of sp³-hybridized carbons (Fsp3) is 0.231. The lowest BCUT2D eigenvalue weighted by Crippen LogP contribution is -2.32. The van der Waals surface area contributed by atoms with Crippen molar-refractivity contribution >= 4 is 27.3 Å². The number of rotatable bonds is 5. The Balaban J connectivity index is 2.50. The summed E-state index contributed by atoms with van der Waals surface area (Å²) in [7, 11) is -2.31. The zero-order chi connectivity index (χ0) is 15.5. The van der Waals surface area contributed by atoms with Gasteiger partial charge in [-0.1, -0.05) is 29.8 Å². The molecule has 0 atom stereocenters. The van der Waals surface area contributed by atoms with Crippen molar-refractivity contribution in [3.63, 3.8) is 0 Å². The molecule has 0 spiro atoms. The van der Waals surface area contributed by atoms with Gasteiger partial charge in [-0.2, -0.15) is 13.7 Å². The summed E-state index contributed by atoms with van der Waals surface area (Å²) >= 11 is 5.99. The highest BCUT2D eigenvalue weighted by Gasteiger charge is 2.30. The quantitative estimate of drug-likeness (QED) is 0.844. The predicted octanol–water partition coefficient (Wildman–Crippen LogP) is 2.18. The van der Waals surface area contributed by atoms with Gasteiger partial charge in [0, 0.05) is 13.6 Å². The van der Waals surface area contributed by atoms with Crippen molar-refractivity contribution in [2.75, 3.05) is 10.8 Å². The first kappa shape index (κ1) is 15.4. The lowest BCUT2D eigenvalue weighted by molar-refractivity contribution is 0.588. The molecule has 0 radical (unpaired) electrons. The molecule has 0 N–H and O–H groups in total. The van der Waals surface area contributed by atoms with Crippen molar-refractivity contribution in [2.24, 2.45) is 7.05 Å². The van der Waals surface area contributed by atoms with Crippen LogP contribution in [0, 0.1) is 11.3 Å². The number of aromatic nitrogens is 2. The third-order valence-corrected chi connectivity index (χ3v) is 5.16. The molecule has 0 unspecified atom stereocenters. The molecule has 0 aliphatic carbocycles. The van der Waals surface area contributed by atoms with Gasteiger partial charge in [0.25, 0.3) is 10.0 Å². The van der Waals surface area contributed by atoms with E-state index in [9.17, 15) is 8.42 Å². The van der Waals surface area contributed by atoms with Gasteiger partial charge in [-0.05, 0) is 12.1 Å². The number of benzene rings is 1. The van der Waals surface area contributed by atoms with Crippen LogP contribution < -0.4 is 4.31 Å². The third-order valence-electron chi connectivity index (χ3n) is 2.84. The Labute approximate surface area is 128 Å². The topological polar surface area (TPSA) is 79.0 Å². The molecule has 6 nitrogen and oxygen atoms in total. The molecule has 21 heavy (non-hydrogen) atoms. The van der Waals surface area contributed by atoms with Crippen LogP contribution in [0.2, 0.25) is 5.15 Å². The number of nitrogens with zero attached hydrogens (tertiary/aromatic N) is 4. The summed E-state index contributed by atoms with van der Waals surface area (Å²) in [6, 6.07) is 10.5. The van der Waals surface area contributed by atoms with Crippen LogP contribution in [0.4, 0.5) is 5.69 Å². The zero-order valence-corrected chi connectivity index (χ0v) is 12.8. The molecule has 1 heterocycles. The molecule has 2 rings (SSSR count). The van der Waals surface area contributed by atoms with E-state index >= 15 is 0 Å². The Morgan fingerprint density at radius 2 is 2.05 bits per heavy atom. The van der Waals surface area contributed by atoms with Gasteiger partial charge in [-0.3, -0.25) is 4.31 Å². The minimum absolute atomic E-state index is 0.0351. The van der Waals surface area contributed by atoms with E-state index in [1.165, 1.54) is 10.9 Å². The number of nitriles is 1. The van der Waals surface area contributed by atoms with Crippen molar-refractivity contribution in [1.29, 1.82) is 5.26 Å². The first-order valence-corrected chi connectivity index (χ1v) is 7.92. The lowest BCUT2D eigenvalue weighted by Gasteiger charge is -2.22. The molecular weight excluding hydrogens is 312 g/mol. The van der Waals surface area contributed by atoms with Crippen LogP contribution in [0.15, 0.2) is 41.7 Å². The SMILES string of the molecule is Cn1cnc(S(=O)(=O)N(CCC#N)c2ccccc2)c1Cl. The van der Waals surface area contributed by atoms with Crippen LogP contribution >= 0.6 is 11.6 Å². The highest BCUT2D eigenvalue weighted by Crippen LogP contribution is 2.27. The minimum Gasteiger partial charge on any atom is -0.324 e. The summed E-state index contributed by atoms with van der Waals surface area (Å²) < 4.78 is 28.0. The molecule has 0 fully saturated rings. The number of hydrogen-bond acceptors (Lipinski definition) is 4. The molecule has 1 aromatic carbocycles. The average molecular weight is 325 g/mol. The summed E-state index contributed by atoms with van der Waals surface area (Å²) in [5, 5.41) is 8.56. The van der Waals surface area contributed by atoms with E-state index in [1.54, 1.807) is 37.4 Å². The van der Waals surface area contributed by atoms with Crippen LogP contribution in [0.25, 0.3) is 0 Å². The average Bonchev–Trinajstić information content (AvgIpc) is 2.81. The number of hydrogen-bond donors (Lipinski definition) is 0. The summed E-state index contributed by atoms with van der Waals surface area (Å²) in [6.07, 6.45) is 1.40. The highest BCUT2D eigenvalue weighted by molar-refractivity contribution is 7.92. The second kappa shape index (κ2) is 6.16. The van der Waals surface area contributed by atoms with Crippen LogP contribution in [0.3, 0.4) is 0 Å². The van der Waals surface area contributed by atoms with E-state index in [0.29, 0.717) is 5.69 Å². The van der Waals surface area contributed by atoms with Crippen molar-refractivity contribution < 1.29 is 8.42 Å². The van der Waals surface area contributed by atoms with Gasteiger partial charge in [-0.25, -0.2) is 4.98 Å². The van der Waals surface area contributed by atoms with E-state index < -0.39 is 10.0 Å². The number of sulfonamides is 1. The normalized spacial score (nSPS) is 11.1. The highest BCUT2D eigenvalue weighted by atomic mass is 35.5.